The Hall–Kier alpha value is -1.49. The summed E-state index contributed by atoms with van der Waals surface area (Å²) in [5, 5.41) is 5.80. The SMILES string of the molecule is O=C(Nc1ccc(F)cn1)C1CCCCN1. The molecule has 2 N–H and O–H groups in total. The van der Waals surface area contributed by atoms with E-state index in [9.17, 15) is 9.18 Å². The van der Waals surface area contributed by atoms with Crippen molar-refractivity contribution in [2.75, 3.05) is 11.9 Å². The van der Waals surface area contributed by atoms with Gasteiger partial charge in [0.2, 0.25) is 5.91 Å². The Morgan fingerprint density at radius 2 is 2.38 bits per heavy atom. The maximum Gasteiger partial charge on any atom is 0.242 e. The lowest BCUT2D eigenvalue weighted by Gasteiger charge is -2.22. The lowest BCUT2D eigenvalue weighted by atomic mass is 10.0. The summed E-state index contributed by atoms with van der Waals surface area (Å²) in [6.45, 7) is 0.870. The third-order valence-electron chi connectivity index (χ3n) is 2.61. The normalized spacial score (nSPS) is 20.4. The third-order valence-corrected chi connectivity index (χ3v) is 2.61. The molecule has 0 aromatic carbocycles. The van der Waals surface area contributed by atoms with Crippen molar-refractivity contribution in [3.63, 3.8) is 0 Å². The maximum absolute atomic E-state index is 12.6. The zero-order valence-electron chi connectivity index (χ0n) is 8.87. The van der Waals surface area contributed by atoms with Crippen LogP contribution in [0.25, 0.3) is 0 Å². The molecule has 5 heteroatoms. The van der Waals surface area contributed by atoms with E-state index >= 15 is 0 Å². The summed E-state index contributed by atoms with van der Waals surface area (Å²) in [5.41, 5.74) is 0. The topological polar surface area (TPSA) is 54.0 Å². The number of halogens is 1. The van der Waals surface area contributed by atoms with Crippen LogP contribution in [0.1, 0.15) is 19.3 Å². The molecule has 0 radical (unpaired) electrons. The highest BCUT2D eigenvalue weighted by atomic mass is 19.1. The van der Waals surface area contributed by atoms with E-state index in [1.807, 2.05) is 0 Å². The predicted molar refractivity (Wildman–Crippen MR) is 58.5 cm³/mol. The van der Waals surface area contributed by atoms with Crippen LogP contribution >= 0.6 is 0 Å². The quantitative estimate of drug-likeness (QED) is 0.794. The van der Waals surface area contributed by atoms with Crippen LogP contribution in [0, 0.1) is 5.82 Å². The molecular formula is C11H14FN3O. The number of hydrogen-bond acceptors (Lipinski definition) is 3. The number of pyridine rings is 1. The summed E-state index contributed by atoms with van der Waals surface area (Å²) in [4.78, 5) is 15.5. The highest BCUT2D eigenvalue weighted by molar-refractivity contribution is 5.94. The molecule has 2 heterocycles. The summed E-state index contributed by atoms with van der Waals surface area (Å²) in [7, 11) is 0. The minimum absolute atomic E-state index is 0.0983. The summed E-state index contributed by atoms with van der Waals surface area (Å²) in [6, 6.07) is 2.58. The molecule has 2 rings (SSSR count). The molecule has 1 saturated heterocycles. The van der Waals surface area contributed by atoms with E-state index in [1.54, 1.807) is 0 Å². The van der Waals surface area contributed by atoms with E-state index in [4.69, 9.17) is 0 Å². The Kier molecular flexibility index (Phi) is 3.46. The molecule has 16 heavy (non-hydrogen) atoms. The van der Waals surface area contributed by atoms with E-state index in [2.05, 4.69) is 15.6 Å². The minimum Gasteiger partial charge on any atom is -0.309 e. The van der Waals surface area contributed by atoms with Gasteiger partial charge in [-0.2, -0.15) is 0 Å². The summed E-state index contributed by atoms with van der Waals surface area (Å²) < 4.78 is 12.6. The number of nitrogens with one attached hydrogen (secondary N) is 2. The largest absolute Gasteiger partial charge is 0.309 e. The van der Waals surface area contributed by atoms with Gasteiger partial charge in [-0.3, -0.25) is 4.79 Å². The summed E-state index contributed by atoms with van der Waals surface area (Å²) >= 11 is 0. The van der Waals surface area contributed by atoms with Gasteiger partial charge in [0.1, 0.15) is 11.6 Å². The Morgan fingerprint density at radius 3 is 3.00 bits per heavy atom. The van der Waals surface area contributed by atoms with Crippen molar-refractivity contribution in [2.24, 2.45) is 0 Å². The van der Waals surface area contributed by atoms with Gasteiger partial charge in [-0.05, 0) is 31.5 Å². The zero-order chi connectivity index (χ0) is 11.4. The molecule has 0 spiro atoms. The van der Waals surface area contributed by atoms with E-state index in [-0.39, 0.29) is 11.9 Å². The maximum atomic E-state index is 12.6. The van der Waals surface area contributed by atoms with Crippen LogP contribution < -0.4 is 10.6 Å². The van der Waals surface area contributed by atoms with Gasteiger partial charge >= 0.3 is 0 Å². The molecule has 1 aromatic heterocycles. The van der Waals surface area contributed by atoms with Crippen LogP contribution in [-0.2, 0) is 4.79 Å². The summed E-state index contributed by atoms with van der Waals surface area (Å²) in [6.07, 6.45) is 4.09. The molecule has 1 unspecified atom stereocenters. The molecule has 86 valence electrons. The van der Waals surface area contributed by atoms with E-state index < -0.39 is 5.82 Å². The van der Waals surface area contributed by atoms with Crippen LogP contribution in [0.3, 0.4) is 0 Å². The van der Waals surface area contributed by atoms with Crippen molar-refractivity contribution in [2.45, 2.75) is 25.3 Å². The fourth-order valence-electron chi connectivity index (χ4n) is 1.74. The van der Waals surface area contributed by atoms with Crippen molar-refractivity contribution < 1.29 is 9.18 Å². The average Bonchev–Trinajstić information content (AvgIpc) is 2.33. The average molecular weight is 223 g/mol. The molecule has 0 bridgehead atoms. The van der Waals surface area contributed by atoms with Crippen molar-refractivity contribution >= 4 is 11.7 Å². The van der Waals surface area contributed by atoms with Crippen molar-refractivity contribution in [3.05, 3.63) is 24.1 Å². The fourth-order valence-corrected chi connectivity index (χ4v) is 1.74. The first kappa shape index (κ1) is 11.0. The number of carbonyl (C=O) groups is 1. The van der Waals surface area contributed by atoms with Crippen LogP contribution in [0.15, 0.2) is 18.3 Å². The van der Waals surface area contributed by atoms with Gasteiger partial charge in [-0.15, -0.1) is 0 Å². The first-order valence-electron chi connectivity index (χ1n) is 5.41. The lowest BCUT2D eigenvalue weighted by molar-refractivity contribution is -0.118. The molecular weight excluding hydrogens is 209 g/mol. The number of amides is 1. The van der Waals surface area contributed by atoms with E-state index in [0.29, 0.717) is 5.82 Å². The molecule has 0 saturated carbocycles. The molecule has 1 amide bonds. The van der Waals surface area contributed by atoms with Crippen LogP contribution in [-0.4, -0.2) is 23.5 Å². The summed E-state index contributed by atoms with van der Waals surface area (Å²) in [5.74, 6) is -0.119. The van der Waals surface area contributed by atoms with Crippen molar-refractivity contribution in [1.29, 1.82) is 0 Å². The fraction of sp³-hybridized carbons (Fsp3) is 0.455. The lowest BCUT2D eigenvalue weighted by Crippen LogP contribution is -2.43. The smallest absolute Gasteiger partial charge is 0.242 e. The molecule has 1 aromatic rings. The standard InChI is InChI=1S/C11H14FN3O/c12-8-4-5-10(14-7-8)15-11(16)9-3-1-2-6-13-9/h4-5,7,9,13H,1-3,6H2,(H,14,15,16). The first-order valence-corrected chi connectivity index (χ1v) is 5.41. The number of hydrogen-bond donors (Lipinski definition) is 2. The number of nitrogens with zero attached hydrogens (tertiary/aromatic N) is 1. The number of piperidine rings is 1. The van der Waals surface area contributed by atoms with E-state index in [1.165, 1.54) is 12.1 Å². The molecule has 0 aliphatic carbocycles. The Balaban J connectivity index is 1.93. The second-order valence-corrected chi connectivity index (χ2v) is 3.85. The van der Waals surface area contributed by atoms with Crippen LogP contribution in [0.2, 0.25) is 0 Å². The number of carbonyl (C=O) groups excluding carboxylic acids is 1. The molecule has 1 fully saturated rings. The molecule has 1 aliphatic rings. The zero-order valence-corrected chi connectivity index (χ0v) is 8.87. The second-order valence-electron chi connectivity index (χ2n) is 3.85. The highest BCUT2D eigenvalue weighted by Gasteiger charge is 2.20. The van der Waals surface area contributed by atoms with Crippen LogP contribution in [0.5, 0.6) is 0 Å². The molecule has 1 atom stereocenters. The Morgan fingerprint density at radius 1 is 1.50 bits per heavy atom. The molecule has 1 aliphatic heterocycles. The van der Waals surface area contributed by atoms with E-state index in [0.717, 1.165) is 32.0 Å². The van der Waals surface area contributed by atoms with Gasteiger partial charge in [0.15, 0.2) is 0 Å². The van der Waals surface area contributed by atoms with Gasteiger partial charge in [0.25, 0.3) is 0 Å². The Bertz CT molecular complexity index is 360. The van der Waals surface area contributed by atoms with Crippen LogP contribution in [0.4, 0.5) is 10.2 Å². The van der Waals surface area contributed by atoms with Gasteiger partial charge in [-0.25, -0.2) is 9.37 Å². The first-order chi connectivity index (χ1) is 7.75. The Labute approximate surface area is 93.3 Å². The molecule has 4 nitrogen and oxygen atoms in total. The third kappa shape index (κ3) is 2.76. The monoisotopic (exact) mass is 223 g/mol. The van der Waals surface area contributed by atoms with Crippen molar-refractivity contribution in [3.8, 4) is 0 Å². The second kappa shape index (κ2) is 5.03. The number of rotatable bonds is 2. The minimum atomic E-state index is -0.409. The van der Waals surface area contributed by atoms with Gasteiger partial charge in [0, 0.05) is 0 Å². The number of anilines is 1. The van der Waals surface area contributed by atoms with Gasteiger partial charge in [0.05, 0.1) is 12.2 Å². The highest BCUT2D eigenvalue weighted by Crippen LogP contribution is 2.10. The number of aromatic nitrogens is 1. The van der Waals surface area contributed by atoms with Gasteiger partial charge in [-0.1, -0.05) is 6.42 Å². The predicted octanol–water partition coefficient (Wildman–Crippen LogP) is 1.30. The van der Waals surface area contributed by atoms with Gasteiger partial charge < -0.3 is 10.6 Å². The van der Waals surface area contributed by atoms with Crippen molar-refractivity contribution in [1.82, 2.24) is 10.3 Å².